The number of aromatic nitrogens is 5. The third kappa shape index (κ3) is 5.60. The zero-order valence-corrected chi connectivity index (χ0v) is 23.6. The number of nitrogens with one attached hydrogen (secondary N) is 2. The Morgan fingerprint density at radius 1 is 0.738 bits per heavy atom. The summed E-state index contributed by atoms with van der Waals surface area (Å²) in [5, 5.41) is 0. The third-order valence-corrected chi connectivity index (χ3v) is 8.47. The molecule has 1 aliphatic rings. The van der Waals surface area contributed by atoms with Crippen molar-refractivity contribution in [2.45, 2.75) is 44.6 Å². The van der Waals surface area contributed by atoms with Crippen LogP contribution in [-0.2, 0) is 12.8 Å². The van der Waals surface area contributed by atoms with E-state index in [4.69, 9.17) is 9.97 Å². The van der Waals surface area contributed by atoms with Gasteiger partial charge in [0, 0.05) is 24.0 Å². The highest BCUT2D eigenvalue weighted by molar-refractivity contribution is 5.92. The number of imidazole rings is 1. The van der Waals surface area contributed by atoms with Gasteiger partial charge in [0.25, 0.3) is 5.56 Å². The molecule has 42 heavy (non-hydrogen) atoms. The second-order valence-corrected chi connectivity index (χ2v) is 11.3. The van der Waals surface area contributed by atoms with E-state index in [0.29, 0.717) is 23.7 Å². The number of aromatic amines is 2. The Kier molecular flexibility index (Phi) is 7.33. The van der Waals surface area contributed by atoms with Gasteiger partial charge >= 0.3 is 0 Å². The minimum atomic E-state index is -0.110. The first kappa shape index (κ1) is 26.3. The first-order valence-electron chi connectivity index (χ1n) is 14.9. The Labute approximate surface area is 244 Å². The van der Waals surface area contributed by atoms with E-state index in [9.17, 15) is 4.79 Å². The van der Waals surface area contributed by atoms with Crippen molar-refractivity contribution in [1.82, 2.24) is 29.8 Å². The molecule has 7 heteroatoms. The van der Waals surface area contributed by atoms with Crippen LogP contribution in [0.15, 0.2) is 96.1 Å². The lowest BCUT2D eigenvalue weighted by molar-refractivity contribution is 0.154. The summed E-state index contributed by atoms with van der Waals surface area (Å²) < 4.78 is 0. The molecular formula is C35H34N6O. The monoisotopic (exact) mass is 554 g/mol. The maximum absolute atomic E-state index is 13.1. The smallest absolute Gasteiger partial charge is 0.270 e. The van der Waals surface area contributed by atoms with E-state index in [1.54, 1.807) is 12.4 Å². The van der Waals surface area contributed by atoms with Gasteiger partial charge in [0.05, 0.1) is 22.1 Å². The van der Waals surface area contributed by atoms with Crippen molar-refractivity contribution in [3.8, 4) is 22.5 Å². The van der Waals surface area contributed by atoms with E-state index >= 15 is 0 Å². The van der Waals surface area contributed by atoms with Crippen molar-refractivity contribution in [1.29, 1.82) is 0 Å². The van der Waals surface area contributed by atoms with Crippen molar-refractivity contribution < 1.29 is 0 Å². The Balaban J connectivity index is 1.13. The van der Waals surface area contributed by atoms with Crippen LogP contribution in [0.25, 0.3) is 44.6 Å². The van der Waals surface area contributed by atoms with Crippen molar-refractivity contribution >= 4 is 22.1 Å². The minimum absolute atomic E-state index is 0.110. The average Bonchev–Trinajstić information content (AvgIpc) is 3.46. The number of likely N-dealkylation sites (tertiary alicyclic amines) is 1. The van der Waals surface area contributed by atoms with Gasteiger partial charge in [0.2, 0.25) is 0 Å². The van der Waals surface area contributed by atoms with E-state index in [0.717, 1.165) is 65.0 Å². The number of benzene rings is 3. The van der Waals surface area contributed by atoms with Crippen LogP contribution in [0.3, 0.4) is 0 Å². The fourth-order valence-electron chi connectivity index (χ4n) is 6.19. The molecular weight excluding hydrogens is 520 g/mol. The maximum Gasteiger partial charge on any atom is 0.270 e. The van der Waals surface area contributed by atoms with Gasteiger partial charge in [-0.2, -0.15) is 0 Å². The minimum Gasteiger partial charge on any atom is -0.338 e. The molecule has 7 nitrogen and oxygen atoms in total. The highest BCUT2D eigenvalue weighted by Gasteiger charge is 2.22. The molecule has 1 atom stereocenters. The zero-order chi connectivity index (χ0) is 28.3. The van der Waals surface area contributed by atoms with Gasteiger partial charge in [-0.25, -0.2) is 9.97 Å². The molecule has 3 aromatic heterocycles. The molecule has 1 saturated heterocycles. The van der Waals surface area contributed by atoms with Crippen LogP contribution >= 0.6 is 0 Å². The largest absolute Gasteiger partial charge is 0.338 e. The molecule has 6 aromatic rings. The lowest BCUT2D eigenvalue weighted by atomic mass is 9.97. The summed E-state index contributed by atoms with van der Waals surface area (Å²) in [6.07, 6.45) is 9.95. The average molecular weight is 555 g/mol. The molecule has 0 bridgehead atoms. The quantitative estimate of drug-likeness (QED) is 0.222. The number of hydrogen-bond acceptors (Lipinski definition) is 5. The Morgan fingerprint density at radius 3 is 2.17 bits per heavy atom. The number of pyridine rings is 1. The highest BCUT2D eigenvalue weighted by Crippen LogP contribution is 2.26. The van der Waals surface area contributed by atoms with Crippen LogP contribution in [0.2, 0.25) is 0 Å². The number of aryl methyl sites for hydroxylation is 1. The SMILES string of the molecule is O=c1[nH]c2cc3nc(-c4ccc(-c5ccncc5)cc4)[nH]c3cc2nc1CCC(Cc1ccccc1)N1CCCCC1. The summed E-state index contributed by atoms with van der Waals surface area (Å²) >= 11 is 0. The third-order valence-electron chi connectivity index (χ3n) is 8.47. The molecule has 2 N–H and O–H groups in total. The summed E-state index contributed by atoms with van der Waals surface area (Å²) in [4.78, 5) is 36.1. The second-order valence-electron chi connectivity index (χ2n) is 11.3. The van der Waals surface area contributed by atoms with E-state index < -0.39 is 0 Å². The van der Waals surface area contributed by atoms with Gasteiger partial charge in [0.1, 0.15) is 11.5 Å². The number of H-pyrrole nitrogens is 2. The Hall–Kier alpha value is -4.62. The van der Waals surface area contributed by atoms with Crippen molar-refractivity contribution in [3.05, 3.63) is 113 Å². The van der Waals surface area contributed by atoms with Gasteiger partial charge in [-0.1, -0.05) is 61.0 Å². The van der Waals surface area contributed by atoms with E-state index in [1.807, 2.05) is 24.3 Å². The number of rotatable bonds is 8. The van der Waals surface area contributed by atoms with Gasteiger partial charge in [0.15, 0.2) is 0 Å². The number of nitrogens with zero attached hydrogens (tertiary/aromatic N) is 4. The number of fused-ring (bicyclic) bond motifs is 2. The van der Waals surface area contributed by atoms with Crippen LogP contribution in [0.4, 0.5) is 0 Å². The maximum atomic E-state index is 13.1. The molecule has 1 fully saturated rings. The summed E-state index contributed by atoms with van der Waals surface area (Å²) in [6, 6.07) is 27.3. The lowest BCUT2D eigenvalue weighted by Gasteiger charge is -2.35. The molecule has 1 unspecified atom stereocenters. The first-order chi connectivity index (χ1) is 20.7. The predicted molar refractivity (Wildman–Crippen MR) is 168 cm³/mol. The zero-order valence-electron chi connectivity index (χ0n) is 23.6. The van der Waals surface area contributed by atoms with Crippen molar-refractivity contribution in [2.24, 2.45) is 0 Å². The first-order valence-corrected chi connectivity index (χ1v) is 14.9. The predicted octanol–water partition coefficient (Wildman–Crippen LogP) is 6.56. The molecule has 0 aliphatic carbocycles. The summed E-state index contributed by atoms with van der Waals surface area (Å²) in [6.45, 7) is 2.26. The molecule has 4 heterocycles. The topological polar surface area (TPSA) is 90.6 Å². The second kappa shape index (κ2) is 11.7. The summed E-state index contributed by atoms with van der Waals surface area (Å²) in [5.41, 5.74) is 8.27. The molecule has 210 valence electrons. The van der Waals surface area contributed by atoms with E-state index in [-0.39, 0.29) is 5.56 Å². The van der Waals surface area contributed by atoms with E-state index in [1.165, 1.54) is 24.8 Å². The molecule has 7 rings (SSSR count). The standard InChI is InChI=1S/C35H34N6O/c42-35-29(14-13-28(41-19-5-2-6-20-41)21-24-7-3-1-4-8-24)37-30-22-31-32(23-33(30)40-35)39-34(38-31)27-11-9-25(10-12-27)26-15-17-36-18-16-26/h1,3-4,7-12,15-18,22-23,28H,2,5-6,13-14,19-21H2,(H,38,39)(H,40,42). The number of piperidine rings is 1. The molecule has 0 radical (unpaired) electrons. The Bertz CT molecular complexity index is 1860. The van der Waals surface area contributed by atoms with Crippen LogP contribution < -0.4 is 5.56 Å². The van der Waals surface area contributed by atoms with Gasteiger partial charge < -0.3 is 14.9 Å². The van der Waals surface area contributed by atoms with Crippen molar-refractivity contribution in [2.75, 3.05) is 13.1 Å². The van der Waals surface area contributed by atoms with Gasteiger partial charge in [-0.3, -0.25) is 9.78 Å². The van der Waals surface area contributed by atoms with Crippen molar-refractivity contribution in [3.63, 3.8) is 0 Å². The molecule has 0 saturated carbocycles. The summed E-state index contributed by atoms with van der Waals surface area (Å²) in [5.74, 6) is 0.787. The van der Waals surface area contributed by atoms with Gasteiger partial charge in [-0.15, -0.1) is 0 Å². The van der Waals surface area contributed by atoms with Crippen LogP contribution in [0, 0.1) is 0 Å². The fraction of sp³-hybridized carbons (Fsp3) is 0.257. The van der Waals surface area contributed by atoms with Crippen LogP contribution in [-0.4, -0.2) is 49.0 Å². The normalized spacial score (nSPS) is 14.9. The fourth-order valence-corrected chi connectivity index (χ4v) is 6.19. The molecule has 1 aliphatic heterocycles. The van der Waals surface area contributed by atoms with Crippen LogP contribution in [0.1, 0.15) is 36.9 Å². The van der Waals surface area contributed by atoms with Crippen LogP contribution in [0.5, 0.6) is 0 Å². The molecule has 0 spiro atoms. The Morgan fingerprint density at radius 2 is 1.40 bits per heavy atom. The highest BCUT2D eigenvalue weighted by atomic mass is 16.1. The molecule has 0 amide bonds. The van der Waals surface area contributed by atoms with Gasteiger partial charge in [-0.05, 0) is 86.1 Å². The lowest BCUT2D eigenvalue weighted by Crippen LogP contribution is -2.41. The molecule has 3 aromatic carbocycles. The summed E-state index contributed by atoms with van der Waals surface area (Å²) in [7, 11) is 0. The van der Waals surface area contributed by atoms with E-state index in [2.05, 4.69) is 74.4 Å². The number of hydrogen-bond donors (Lipinski definition) is 2.